The van der Waals surface area contributed by atoms with E-state index in [0.29, 0.717) is 16.5 Å². The second-order valence-electron chi connectivity index (χ2n) is 4.39. The van der Waals surface area contributed by atoms with Crippen molar-refractivity contribution in [2.45, 2.75) is 38.3 Å². The third kappa shape index (κ3) is 3.35. The number of methoxy groups -OCH3 is 1. The number of hydrogen-bond acceptors (Lipinski definition) is 2. The smallest absolute Gasteiger partial charge is 0.0801 e. The van der Waals surface area contributed by atoms with Crippen molar-refractivity contribution in [2.75, 3.05) is 7.11 Å². The minimum absolute atomic E-state index is 0.117. The Balaban J connectivity index is 2.88. The molecule has 0 aliphatic rings. The minimum atomic E-state index is -0.342. The van der Waals surface area contributed by atoms with Crippen LogP contribution in [0.4, 0.5) is 0 Å². The first kappa shape index (κ1) is 14.8. The molecule has 0 radical (unpaired) electrons. The lowest BCUT2D eigenvalue weighted by atomic mass is 9.89. The third-order valence-corrected chi connectivity index (χ3v) is 4.28. The number of ether oxygens (including phenoxy) is 1. The van der Waals surface area contributed by atoms with Crippen molar-refractivity contribution in [1.29, 1.82) is 0 Å². The third-order valence-electron chi connectivity index (χ3n) is 3.42. The van der Waals surface area contributed by atoms with Crippen LogP contribution in [0.3, 0.4) is 0 Å². The maximum absolute atomic E-state index is 6.20. The fraction of sp³-hybridized carbons (Fsp3) is 0.538. The molecule has 2 atom stereocenters. The van der Waals surface area contributed by atoms with E-state index in [1.54, 1.807) is 13.2 Å². The van der Waals surface area contributed by atoms with Crippen molar-refractivity contribution in [2.24, 2.45) is 5.73 Å². The average molecular weight is 276 g/mol. The van der Waals surface area contributed by atoms with Crippen LogP contribution in [0, 0.1) is 0 Å². The summed E-state index contributed by atoms with van der Waals surface area (Å²) in [5.74, 6) is 0. The Morgan fingerprint density at radius 3 is 2.59 bits per heavy atom. The molecule has 0 bridgehead atoms. The van der Waals surface area contributed by atoms with Crippen LogP contribution in [0.25, 0.3) is 0 Å². The zero-order valence-corrected chi connectivity index (χ0v) is 12.0. The van der Waals surface area contributed by atoms with Gasteiger partial charge < -0.3 is 10.5 Å². The van der Waals surface area contributed by atoms with E-state index in [4.69, 9.17) is 33.7 Å². The van der Waals surface area contributed by atoms with Crippen molar-refractivity contribution >= 4 is 23.2 Å². The monoisotopic (exact) mass is 275 g/mol. The molecule has 0 aliphatic heterocycles. The minimum Gasteiger partial charge on any atom is -0.377 e. The zero-order valence-electron chi connectivity index (χ0n) is 10.5. The van der Waals surface area contributed by atoms with Crippen molar-refractivity contribution < 1.29 is 4.74 Å². The summed E-state index contributed by atoms with van der Waals surface area (Å²) >= 11 is 12.1. The molecule has 96 valence electrons. The van der Waals surface area contributed by atoms with E-state index in [2.05, 4.69) is 6.92 Å². The van der Waals surface area contributed by atoms with Gasteiger partial charge in [0.25, 0.3) is 0 Å². The highest BCUT2D eigenvalue weighted by Gasteiger charge is 2.30. The Kier molecular flexibility index (Phi) is 5.26. The van der Waals surface area contributed by atoms with Gasteiger partial charge in [-0.1, -0.05) is 42.3 Å². The summed E-state index contributed by atoms with van der Waals surface area (Å²) in [6, 6.07) is 5.48. The maximum Gasteiger partial charge on any atom is 0.0801 e. The second kappa shape index (κ2) is 6.05. The van der Waals surface area contributed by atoms with Crippen LogP contribution < -0.4 is 5.73 Å². The van der Waals surface area contributed by atoms with Crippen LogP contribution >= 0.6 is 23.2 Å². The standard InChI is InChI=1S/C13H19Cl2NO/c1-4-13(2,17-3)11(16)8-9-6-5-7-10(14)12(9)15/h5-7,11H,4,8,16H2,1-3H3. The highest BCUT2D eigenvalue weighted by molar-refractivity contribution is 6.42. The number of nitrogens with two attached hydrogens (primary N) is 1. The Hall–Kier alpha value is -0.280. The molecule has 0 aliphatic carbocycles. The summed E-state index contributed by atoms with van der Waals surface area (Å²) in [7, 11) is 1.68. The van der Waals surface area contributed by atoms with Gasteiger partial charge in [0.15, 0.2) is 0 Å². The summed E-state index contributed by atoms with van der Waals surface area (Å²) in [5, 5.41) is 1.14. The number of halogens is 2. The van der Waals surface area contributed by atoms with Gasteiger partial charge in [0, 0.05) is 13.2 Å². The SMILES string of the molecule is CCC(C)(OC)C(N)Cc1cccc(Cl)c1Cl. The Morgan fingerprint density at radius 1 is 1.41 bits per heavy atom. The molecule has 0 spiro atoms. The largest absolute Gasteiger partial charge is 0.377 e. The highest BCUT2D eigenvalue weighted by Crippen LogP contribution is 2.28. The van der Waals surface area contributed by atoms with Crippen LogP contribution in [-0.2, 0) is 11.2 Å². The molecule has 2 nitrogen and oxygen atoms in total. The van der Waals surface area contributed by atoms with Gasteiger partial charge in [0.2, 0.25) is 0 Å². The van der Waals surface area contributed by atoms with Crippen LogP contribution in [0.2, 0.25) is 10.0 Å². The van der Waals surface area contributed by atoms with Gasteiger partial charge in [-0.05, 0) is 31.4 Å². The highest BCUT2D eigenvalue weighted by atomic mass is 35.5. The molecule has 1 aromatic carbocycles. The van der Waals surface area contributed by atoms with Crippen molar-refractivity contribution in [3.8, 4) is 0 Å². The summed E-state index contributed by atoms with van der Waals surface area (Å²) < 4.78 is 5.49. The predicted octanol–water partition coefficient (Wildman–Crippen LogP) is 3.68. The van der Waals surface area contributed by atoms with Crippen molar-refractivity contribution in [3.05, 3.63) is 33.8 Å². The summed E-state index contributed by atoms with van der Waals surface area (Å²) in [4.78, 5) is 0. The van der Waals surface area contributed by atoms with E-state index in [0.717, 1.165) is 12.0 Å². The lowest BCUT2D eigenvalue weighted by Crippen LogP contribution is -2.48. The van der Waals surface area contributed by atoms with Gasteiger partial charge in [-0.2, -0.15) is 0 Å². The number of rotatable bonds is 5. The van der Waals surface area contributed by atoms with Gasteiger partial charge in [0.05, 0.1) is 15.6 Å². The molecule has 1 rings (SSSR count). The molecule has 2 N–H and O–H groups in total. The fourth-order valence-corrected chi connectivity index (χ4v) is 2.11. The second-order valence-corrected chi connectivity index (χ2v) is 5.18. The Morgan fingerprint density at radius 2 is 2.06 bits per heavy atom. The molecular formula is C13H19Cl2NO. The lowest BCUT2D eigenvalue weighted by Gasteiger charge is -2.33. The first-order chi connectivity index (χ1) is 7.94. The number of hydrogen-bond donors (Lipinski definition) is 1. The van der Waals surface area contributed by atoms with Crippen LogP contribution in [0.1, 0.15) is 25.8 Å². The molecule has 2 unspecified atom stereocenters. The molecule has 1 aromatic rings. The quantitative estimate of drug-likeness (QED) is 0.890. The van der Waals surface area contributed by atoms with Crippen molar-refractivity contribution in [3.63, 3.8) is 0 Å². The van der Waals surface area contributed by atoms with Gasteiger partial charge in [0.1, 0.15) is 0 Å². The molecular weight excluding hydrogens is 257 g/mol. The van der Waals surface area contributed by atoms with E-state index in [9.17, 15) is 0 Å². The Bertz CT molecular complexity index is 378. The summed E-state index contributed by atoms with van der Waals surface area (Å²) in [6.07, 6.45) is 1.50. The molecule has 0 aromatic heterocycles. The first-order valence-corrected chi connectivity index (χ1v) is 6.43. The molecule has 0 saturated heterocycles. The maximum atomic E-state index is 6.20. The van der Waals surface area contributed by atoms with Gasteiger partial charge in [-0.15, -0.1) is 0 Å². The van der Waals surface area contributed by atoms with Crippen LogP contribution in [0.5, 0.6) is 0 Å². The van der Waals surface area contributed by atoms with E-state index < -0.39 is 0 Å². The van der Waals surface area contributed by atoms with E-state index in [1.807, 2.05) is 19.1 Å². The molecule has 0 saturated carbocycles. The molecule has 0 heterocycles. The normalized spacial score (nSPS) is 16.6. The summed E-state index contributed by atoms with van der Waals surface area (Å²) in [5.41, 5.74) is 6.82. The molecule has 0 fully saturated rings. The van der Waals surface area contributed by atoms with E-state index >= 15 is 0 Å². The first-order valence-electron chi connectivity index (χ1n) is 5.68. The fourth-order valence-electron chi connectivity index (χ4n) is 1.72. The van der Waals surface area contributed by atoms with E-state index in [-0.39, 0.29) is 11.6 Å². The molecule has 0 amide bonds. The van der Waals surface area contributed by atoms with E-state index in [1.165, 1.54) is 0 Å². The van der Waals surface area contributed by atoms with Crippen LogP contribution in [-0.4, -0.2) is 18.8 Å². The van der Waals surface area contributed by atoms with Crippen LogP contribution in [0.15, 0.2) is 18.2 Å². The lowest BCUT2D eigenvalue weighted by molar-refractivity contribution is -0.0184. The molecule has 17 heavy (non-hydrogen) atoms. The summed E-state index contributed by atoms with van der Waals surface area (Å²) in [6.45, 7) is 4.07. The number of benzene rings is 1. The van der Waals surface area contributed by atoms with Gasteiger partial charge >= 0.3 is 0 Å². The topological polar surface area (TPSA) is 35.2 Å². The van der Waals surface area contributed by atoms with Gasteiger partial charge in [-0.3, -0.25) is 0 Å². The van der Waals surface area contributed by atoms with Gasteiger partial charge in [-0.25, -0.2) is 0 Å². The molecule has 4 heteroatoms. The zero-order chi connectivity index (χ0) is 13.1. The average Bonchev–Trinajstić information content (AvgIpc) is 2.33. The Labute approximate surface area is 113 Å². The predicted molar refractivity (Wildman–Crippen MR) is 73.8 cm³/mol. The van der Waals surface area contributed by atoms with Crippen molar-refractivity contribution in [1.82, 2.24) is 0 Å².